The number of amides is 4. The van der Waals surface area contributed by atoms with E-state index in [1.165, 1.54) is 6.07 Å². The third-order valence-corrected chi connectivity index (χ3v) is 3.31. The Morgan fingerprint density at radius 3 is 2.65 bits per heavy atom. The minimum atomic E-state index is -5.22. The van der Waals surface area contributed by atoms with Crippen LogP contribution in [0.15, 0.2) is 22.8 Å². The van der Waals surface area contributed by atoms with E-state index in [1.807, 2.05) is 0 Å². The van der Waals surface area contributed by atoms with Crippen LogP contribution in [0.5, 0.6) is 0 Å². The second-order valence-electron chi connectivity index (χ2n) is 4.92. The van der Waals surface area contributed by atoms with Crippen LogP contribution >= 0.6 is 0 Å². The number of rotatable bonds is 5. The standard InChI is InChI=1S/C13H14F3N3O4/c1-2-3-6-19-10(21)12(13(14,15)16,18-11(19)22)17-9(20)8-5-4-7-23-8/h4-5,7H,2-3,6H2,1H3,(H,17,20)(H,18,22)/t12-/m1/s1. The predicted molar refractivity (Wildman–Crippen MR) is 70.1 cm³/mol. The molecule has 2 N–H and O–H groups in total. The van der Waals surface area contributed by atoms with Gasteiger partial charge in [0.05, 0.1) is 6.26 Å². The van der Waals surface area contributed by atoms with Crippen molar-refractivity contribution in [2.24, 2.45) is 0 Å². The fraction of sp³-hybridized carbons (Fsp3) is 0.462. The number of carbonyl (C=O) groups is 3. The van der Waals surface area contributed by atoms with Crippen LogP contribution in [0.4, 0.5) is 18.0 Å². The molecule has 7 nitrogen and oxygen atoms in total. The highest BCUT2D eigenvalue weighted by molar-refractivity contribution is 6.10. The van der Waals surface area contributed by atoms with E-state index < -0.39 is 35.4 Å². The molecule has 1 atom stereocenters. The van der Waals surface area contributed by atoms with Crippen LogP contribution in [0.2, 0.25) is 0 Å². The number of halogens is 3. The maximum absolute atomic E-state index is 13.4. The number of hydrogen-bond donors (Lipinski definition) is 2. The molecule has 1 aliphatic heterocycles. The van der Waals surface area contributed by atoms with Crippen molar-refractivity contribution in [3.8, 4) is 0 Å². The second-order valence-corrected chi connectivity index (χ2v) is 4.92. The minimum absolute atomic E-state index is 0.171. The number of carbonyl (C=O) groups excluding carboxylic acids is 3. The van der Waals surface area contributed by atoms with E-state index in [-0.39, 0.29) is 6.54 Å². The largest absolute Gasteiger partial charge is 0.459 e. The zero-order chi connectivity index (χ0) is 17.3. The first-order valence-corrected chi connectivity index (χ1v) is 6.80. The summed E-state index contributed by atoms with van der Waals surface area (Å²) in [5, 5.41) is 3.09. The summed E-state index contributed by atoms with van der Waals surface area (Å²) in [5.41, 5.74) is -3.50. The quantitative estimate of drug-likeness (QED) is 0.801. The highest BCUT2D eigenvalue weighted by Crippen LogP contribution is 2.34. The lowest BCUT2D eigenvalue weighted by atomic mass is 10.1. The molecule has 0 bridgehead atoms. The lowest BCUT2D eigenvalue weighted by molar-refractivity contribution is -0.200. The molecular formula is C13H14F3N3O4. The van der Waals surface area contributed by atoms with Gasteiger partial charge < -0.3 is 9.73 Å². The first-order valence-electron chi connectivity index (χ1n) is 6.80. The summed E-state index contributed by atoms with van der Waals surface area (Å²) in [5.74, 6) is -3.25. The molecular weight excluding hydrogens is 319 g/mol. The first-order chi connectivity index (χ1) is 10.7. The number of urea groups is 1. The van der Waals surface area contributed by atoms with E-state index in [9.17, 15) is 27.6 Å². The normalized spacial score (nSPS) is 21.5. The number of nitrogens with zero attached hydrogens (tertiary/aromatic N) is 1. The van der Waals surface area contributed by atoms with Gasteiger partial charge in [0, 0.05) is 6.54 Å². The van der Waals surface area contributed by atoms with E-state index in [4.69, 9.17) is 4.42 Å². The van der Waals surface area contributed by atoms with Crippen molar-refractivity contribution in [2.75, 3.05) is 6.54 Å². The van der Waals surface area contributed by atoms with Gasteiger partial charge in [-0.25, -0.2) is 4.79 Å². The van der Waals surface area contributed by atoms with Crippen LogP contribution in [0.3, 0.4) is 0 Å². The fourth-order valence-corrected chi connectivity index (χ4v) is 2.08. The summed E-state index contributed by atoms with van der Waals surface area (Å²) in [6.45, 7) is 1.59. The van der Waals surface area contributed by atoms with Crippen molar-refractivity contribution in [2.45, 2.75) is 31.6 Å². The number of unbranched alkanes of at least 4 members (excludes halogenated alkanes) is 1. The van der Waals surface area contributed by atoms with Crippen LogP contribution in [-0.4, -0.2) is 41.1 Å². The highest BCUT2D eigenvalue weighted by atomic mass is 19.4. The van der Waals surface area contributed by atoms with Crippen molar-refractivity contribution in [3.63, 3.8) is 0 Å². The molecule has 4 amide bonds. The molecule has 1 fully saturated rings. The summed E-state index contributed by atoms with van der Waals surface area (Å²) in [6.07, 6.45) is -3.20. The van der Waals surface area contributed by atoms with Crippen molar-refractivity contribution in [1.29, 1.82) is 0 Å². The number of imide groups is 1. The molecule has 1 aromatic rings. The van der Waals surface area contributed by atoms with Crippen LogP contribution < -0.4 is 10.6 Å². The zero-order valence-electron chi connectivity index (χ0n) is 12.1. The second kappa shape index (κ2) is 5.94. The van der Waals surface area contributed by atoms with Crippen molar-refractivity contribution < 1.29 is 32.0 Å². The predicted octanol–water partition coefficient (Wildman–Crippen LogP) is 1.62. The van der Waals surface area contributed by atoms with Crippen molar-refractivity contribution >= 4 is 17.8 Å². The molecule has 10 heteroatoms. The van der Waals surface area contributed by atoms with Gasteiger partial charge in [-0.3, -0.25) is 19.8 Å². The van der Waals surface area contributed by atoms with E-state index in [1.54, 1.807) is 17.6 Å². The van der Waals surface area contributed by atoms with Gasteiger partial charge in [-0.05, 0) is 18.6 Å². The topological polar surface area (TPSA) is 91.7 Å². The van der Waals surface area contributed by atoms with Gasteiger partial charge in [-0.2, -0.15) is 13.2 Å². The summed E-state index contributed by atoms with van der Waals surface area (Å²) < 4.78 is 45.0. The molecule has 0 aliphatic carbocycles. The number of furan rings is 1. The molecule has 0 saturated carbocycles. The van der Waals surface area contributed by atoms with Gasteiger partial charge in [0.2, 0.25) is 0 Å². The van der Waals surface area contributed by atoms with Crippen LogP contribution in [-0.2, 0) is 4.79 Å². The Bertz CT molecular complexity index is 614. The van der Waals surface area contributed by atoms with Gasteiger partial charge >= 0.3 is 12.2 Å². The van der Waals surface area contributed by atoms with E-state index in [2.05, 4.69) is 0 Å². The molecule has 2 heterocycles. The Hall–Kier alpha value is -2.52. The lowest BCUT2D eigenvalue weighted by Gasteiger charge is -2.29. The van der Waals surface area contributed by atoms with Crippen LogP contribution in [0.25, 0.3) is 0 Å². The smallest absolute Gasteiger partial charge is 0.440 e. The van der Waals surface area contributed by atoms with E-state index in [0.29, 0.717) is 17.7 Å². The Labute approximate surface area is 128 Å². The molecule has 1 saturated heterocycles. The summed E-state index contributed by atoms with van der Waals surface area (Å²) in [6, 6.07) is 1.23. The van der Waals surface area contributed by atoms with Crippen LogP contribution in [0, 0.1) is 0 Å². The maximum Gasteiger partial charge on any atom is 0.440 e. The number of alkyl halides is 3. The third kappa shape index (κ3) is 2.88. The van der Waals surface area contributed by atoms with Gasteiger partial charge in [-0.1, -0.05) is 13.3 Å². The third-order valence-electron chi connectivity index (χ3n) is 3.31. The molecule has 0 radical (unpaired) electrons. The van der Waals surface area contributed by atoms with Gasteiger partial charge in [0.1, 0.15) is 0 Å². The van der Waals surface area contributed by atoms with Gasteiger partial charge in [0.25, 0.3) is 17.5 Å². The van der Waals surface area contributed by atoms with Crippen molar-refractivity contribution in [3.05, 3.63) is 24.2 Å². The van der Waals surface area contributed by atoms with Crippen LogP contribution in [0.1, 0.15) is 30.3 Å². The molecule has 126 valence electrons. The Morgan fingerprint density at radius 2 is 2.13 bits per heavy atom. The van der Waals surface area contributed by atoms with Crippen molar-refractivity contribution in [1.82, 2.24) is 15.5 Å². The fourth-order valence-electron chi connectivity index (χ4n) is 2.08. The number of hydrogen-bond acceptors (Lipinski definition) is 4. The molecule has 0 unspecified atom stereocenters. The summed E-state index contributed by atoms with van der Waals surface area (Å²) in [4.78, 5) is 36.2. The molecule has 23 heavy (non-hydrogen) atoms. The maximum atomic E-state index is 13.4. The first kappa shape index (κ1) is 16.8. The Kier molecular flexibility index (Phi) is 4.35. The minimum Gasteiger partial charge on any atom is -0.459 e. The van der Waals surface area contributed by atoms with Gasteiger partial charge in [0.15, 0.2) is 5.76 Å². The molecule has 1 aromatic heterocycles. The monoisotopic (exact) mass is 333 g/mol. The average molecular weight is 333 g/mol. The molecule has 0 aromatic carbocycles. The average Bonchev–Trinajstić information content (AvgIpc) is 3.06. The zero-order valence-corrected chi connectivity index (χ0v) is 12.1. The Morgan fingerprint density at radius 1 is 1.43 bits per heavy atom. The molecule has 1 aliphatic rings. The Balaban J connectivity index is 2.32. The lowest BCUT2D eigenvalue weighted by Crippen LogP contribution is -2.69. The summed E-state index contributed by atoms with van der Waals surface area (Å²) >= 11 is 0. The highest BCUT2D eigenvalue weighted by Gasteiger charge is 2.68. The van der Waals surface area contributed by atoms with E-state index >= 15 is 0 Å². The van der Waals surface area contributed by atoms with Gasteiger partial charge in [-0.15, -0.1) is 0 Å². The SMILES string of the molecule is CCCCN1C(=O)N[C@@](NC(=O)c2ccco2)(C(F)(F)F)C1=O. The summed E-state index contributed by atoms with van der Waals surface area (Å²) in [7, 11) is 0. The number of nitrogens with one attached hydrogen (secondary N) is 2. The molecule has 0 spiro atoms. The van der Waals surface area contributed by atoms with E-state index in [0.717, 1.165) is 12.3 Å². The molecule has 2 rings (SSSR count).